The maximum absolute atomic E-state index is 5.96. The van der Waals surface area contributed by atoms with E-state index < -0.39 is 0 Å². The highest BCUT2D eigenvalue weighted by atomic mass is 15.2. The van der Waals surface area contributed by atoms with Gasteiger partial charge in [-0.15, -0.1) is 0 Å². The van der Waals surface area contributed by atoms with Crippen molar-refractivity contribution < 1.29 is 0 Å². The molecule has 20 heavy (non-hydrogen) atoms. The van der Waals surface area contributed by atoms with Gasteiger partial charge >= 0.3 is 0 Å². The van der Waals surface area contributed by atoms with Crippen LogP contribution in [0.15, 0.2) is 36.4 Å². The van der Waals surface area contributed by atoms with Gasteiger partial charge in [-0.05, 0) is 11.8 Å². The first-order valence-electron chi connectivity index (χ1n) is 7.08. The molecule has 4 heteroatoms. The Bertz CT molecular complexity index is 587. The fraction of sp³-hybridized carbons (Fsp3) is 0.375. The lowest BCUT2D eigenvalue weighted by atomic mass is 10.0. The summed E-state index contributed by atoms with van der Waals surface area (Å²) < 4.78 is 0. The van der Waals surface area contributed by atoms with Crippen LogP contribution in [-0.2, 0) is 0 Å². The minimum atomic E-state index is 0.529. The van der Waals surface area contributed by atoms with E-state index in [9.17, 15) is 0 Å². The predicted octanol–water partition coefficient (Wildman–Crippen LogP) is 2.82. The lowest BCUT2D eigenvalue weighted by Gasteiger charge is -2.18. The molecule has 4 nitrogen and oxygen atoms in total. The van der Waals surface area contributed by atoms with E-state index in [1.807, 2.05) is 36.4 Å². The number of hydrogen-bond donors (Lipinski definition) is 1. The Morgan fingerprint density at radius 1 is 1.05 bits per heavy atom. The lowest BCUT2D eigenvalue weighted by molar-refractivity contribution is 0.494. The molecule has 0 amide bonds. The van der Waals surface area contributed by atoms with Gasteiger partial charge < -0.3 is 10.6 Å². The van der Waals surface area contributed by atoms with Gasteiger partial charge in [0.1, 0.15) is 11.6 Å². The van der Waals surface area contributed by atoms with Gasteiger partial charge in [0.15, 0.2) is 5.82 Å². The van der Waals surface area contributed by atoms with Gasteiger partial charge in [-0.1, -0.05) is 44.2 Å². The van der Waals surface area contributed by atoms with E-state index in [0.29, 0.717) is 23.5 Å². The van der Waals surface area contributed by atoms with Crippen molar-refractivity contribution in [2.45, 2.75) is 13.8 Å². The molecule has 2 heterocycles. The largest absolute Gasteiger partial charge is 0.384 e. The Labute approximate surface area is 119 Å². The highest BCUT2D eigenvalue weighted by molar-refractivity contribution is 5.61. The first kappa shape index (κ1) is 12.9. The second-order valence-corrected chi connectivity index (χ2v) is 5.70. The van der Waals surface area contributed by atoms with E-state index in [0.717, 1.165) is 24.5 Å². The first-order valence-corrected chi connectivity index (χ1v) is 7.08. The standard InChI is InChI=1S/C16H20N4/c1-11-9-20(10-12(11)2)15-8-14(17)18-16(19-15)13-6-4-3-5-7-13/h3-8,11-12H,9-10H2,1-2H3,(H2,17,18,19). The number of anilines is 2. The molecular formula is C16H20N4. The smallest absolute Gasteiger partial charge is 0.163 e. The van der Waals surface area contributed by atoms with E-state index in [-0.39, 0.29) is 0 Å². The van der Waals surface area contributed by atoms with Crippen molar-refractivity contribution in [1.82, 2.24) is 9.97 Å². The summed E-state index contributed by atoms with van der Waals surface area (Å²) in [6.45, 7) is 6.64. The Hall–Kier alpha value is -2.10. The average molecular weight is 268 g/mol. The summed E-state index contributed by atoms with van der Waals surface area (Å²) in [6.07, 6.45) is 0. The van der Waals surface area contributed by atoms with Crippen molar-refractivity contribution in [3.63, 3.8) is 0 Å². The fourth-order valence-corrected chi connectivity index (χ4v) is 2.65. The number of nitrogens with two attached hydrogens (primary N) is 1. The van der Waals surface area contributed by atoms with Crippen LogP contribution in [-0.4, -0.2) is 23.1 Å². The summed E-state index contributed by atoms with van der Waals surface area (Å²) in [4.78, 5) is 11.3. The Balaban J connectivity index is 1.96. The third-order valence-corrected chi connectivity index (χ3v) is 4.08. The molecule has 1 aromatic carbocycles. The molecule has 1 aromatic heterocycles. The highest BCUT2D eigenvalue weighted by Crippen LogP contribution is 2.28. The van der Waals surface area contributed by atoms with Crippen LogP contribution in [0.3, 0.4) is 0 Å². The molecule has 1 fully saturated rings. The predicted molar refractivity (Wildman–Crippen MR) is 82.4 cm³/mol. The van der Waals surface area contributed by atoms with Crippen LogP contribution in [0, 0.1) is 11.8 Å². The van der Waals surface area contributed by atoms with Crippen molar-refractivity contribution in [3.05, 3.63) is 36.4 Å². The molecule has 1 saturated heterocycles. The number of benzene rings is 1. The van der Waals surface area contributed by atoms with E-state index in [2.05, 4.69) is 28.7 Å². The number of nitrogen functional groups attached to an aromatic ring is 1. The quantitative estimate of drug-likeness (QED) is 0.910. The maximum atomic E-state index is 5.96. The van der Waals surface area contributed by atoms with Gasteiger partial charge in [-0.25, -0.2) is 9.97 Å². The normalized spacial score (nSPS) is 22.2. The molecule has 2 unspecified atom stereocenters. The number of aromatic nitrogens is 2. The van der Waals surface area contributed by atoms with E-state index >= 15 is 0 Å². The second kappa shape index (κ2) is 5.12. The van der Waals surface area contributed by atoms with Crippen LogP contribution >= 0.6 is 0 Å². The molecular weight excluding hydrogens is 248 g/mol. The fourth-order valence-electron chi connectivity index (χ4n) is 2.65. The number of nitrogens with zero attached hydrogens (tertiary/aromatic N) is 3. The van der Waals surface area contributed by atoms with Crippen molar-refractivity contribution in [2.75, 3.05) is 23.7 Å². The van der Waals surface area contributed by atoms with Gasteiger partial charge in [-0.2, -0.15) is 0 Å². The maximum Gasteiger partial charge on any atom is 0.163 e. The second-order valence-electron chi connectivity index (χ2n) is 5.70. The zero-order chi connectivity index (χ0) is 14.1. The Kier molecular flexibility index (Phi) is 3.30. The molecule has 104 valence electrons. The Morgan fingerprint density at radius 3 is 2.35 bits per heavy atom. The summed E-state index contributed by atoms with van der Waals surface area (Å²) in [5, 5.41) is 0. The molecule has 3 rings (SSSR count). The van der Waals surface area contributed by atoms with Crippen LogP contribution in [0.4, 0.5) is 11.6 Å². The van der Waals surface area contributed by atoms with Crippen molar-refractivity contribution in [1.29, 1.82) is 0 Å². The third kappa shape index (κ3) is 2.46. The zero-order valence-corrected chi connectivity index (χ0v) is 12.0. The van der Waals surface area contributed by atoms with Gasteiger partial charge in [0.2, 0.25) is 0 Å². The molecule has 1 aliphatic rings. The third-order valence-electron chi connectivity index (χ3n) is 4.08. The molecule has 2 aromatic rings. The van der Waals surface area contributed by atoms with Crippen LogP contribution in [0.1, 0.15) is 13.8 Å². The van der Waals surface area contributed by atoms with Gasteiger partial charge in [0, 0.05) is 24.7 Å². The van der Waals surface area contributed by atoms with Gasteiger partial charge in [0.25, 0.3) is 0 Å². The van der Waals surface area contributed by atoms with Gasteiger partial charge in [0.05, 0.1) is 0 Å². The number of hydrogen-bond acceptors (Lipinski definition) is 4. The summed E-state index contributed by atoms with van der Waals surface area (Å²) >= 11 is 0. The highest BCUT2D eigenvalue weighted by Gasteiger charge is 2.27. The SMILES string of the molecule is CC1CN(c2cc(N)nc(-c3ccccc3)n2)CC1C. The summed E-state index contributed by atoms with van der Waals surface area (Å²) in [5.41, 5.74) is 6.96. The molecule has 0 aliphatic carbocycles. The topological polar surface area (TPSA) is 55.0 Å². The van der Waals surface area contributed by atoms with E-state index in [1.165, 1.54) is 0 Å². The monoisotopic (exact) mass is 268 g/mol. The van der Waals surface area contributed by atoms with Crippen LogP contribution in [0.2, 0.25) is 0 Å². The summed E-state index contributed by atoms with van der Waals surface area (Å²) in [5.74, 6) is 3.54. The first-order chi connectivity index (χ1) is 9.63. The molecule has 1 aliphatic heterocycles. The van der Waals surface area contributed by atoms with Crippen LogP contribution < -0.4 is 10.6 Å². The minimum Gasteiger partial charge on any atom is -0.384 e. The number of rotatable bonds is 2. The van der Waals surface area contributed by atoms with Gasteiger partial charge in [-0.3, -0.25) is 0 Å². The summed E-state index contributed by atoms with van der Waals surface area (Å²) in [6, 6.07) is 11.8. The molecule has 0 saturated carbocycles. The van der Waals surface area contributed by atoms with Crippen molar-refractivity contribution >= 4 is 11.6 Å². The molecule has 2 atom stereocenters. The van der Waals surface area contributed by atoms with Crippen molar-refractivity contribution in [3.8, 4) is 11.4 Å². The van der Waals surface area contributed by atoms with E-state index in [4.69, 9.17) is 5.73 Å². The minimum absolute atomic E-state index is 0.529. The summed E-state index contributed by atoms with van der Waals surface area (Å²) in [7, 11) is 0. The lowest BCUT2D eigenvalue weighted by Crippen LogP contribution is -2.21. The molecule has 0 spiro atoms. The zero-order valence-electron chi connectivity index (χ0n) is 12.0. The van der Waals surface area contributed by atoms with Crippen molar-refractivity contribution in [2.24, 2.45) is 11.8 Å². The Morgan fingerprint density at radius 2 is 1.70 bits per heavy atom. The van der Waals surface area contributed by atoms with E-state index in [1.54, 1.807) is 0 Å². The average Bonchev–Trinajstić information content (AvgIpc) is 2.79. The van der Waals surface area contributed by atoms with Crippen LogP contribution in [0.25, 0.3) is 11.4 Å². The molecule has 0 bridgehead atoms. The molecule has 2 N–H and O–H groups in total. The molecule has 0 radical (unpaired) electrons. The van der Waals surface area contributed by atoms with Crippen LogP contribution in [0.5, 0.6) is 0 Å².